The molecule has 0 unspecified atom stereocenters. The molecule has 1 aliphatic carbocycles. The normalized spacial score (nSPS) is 26.2. The molecule has 3 N–H and O–H groups in total. The van der Waals surface area contributed by atoms with Crippen LogP contribution in [0.3, 0.4) is 0 Å². The first kappa shape index (κ1) is 19.3. The van der Waals surface area contributed by atoms with Crippen LogP contribution in [0.4, 0.5) is 0 Å². The smallest absolute Gasteiger partial charge is 0.280 e. The van der Waals surface area contributed by atoms with Gasteiger partial charge in [0.2, 0.25) is 5.91 Å². The van der Waals surface area contributed by atoms with Crippen LogP contribution in [0, 0.1) is 5.92 Å². The Hall–Kier alpha value is -1.51. The lowest BCUT2D eigenvalue weighted by Crippen LogP contribution is -2.53. The summed E-state index contributed by atoms with van der Waals surface area (Å²) in [7, 11) is 3.90. The maximum atomic E-state index is 12.7. The lowest BCUT2D eigenvalue weighted by atomic mass is 9.82. The second-order valence-electron chi connectivity index (χ2n) is 7.48. The molecule has 2 aliphatic rings. The number of carbonyl (C=O) groups is 2. The number of nitrogens with two attached hydrogens (primary N) is 1. The van der Waals surface area contributed by atoms with E-state index in [-0.39, 0.29) is 29.8 Å². The van der Waals surface area contributed by atoms with Crippen molar-refractivity contribution >= 4 is 23.2 Å². The average Bonchev–Trinajstić information content (AvgIpc) is 3.05. The number of amides is 2. The van der Waals surface area contributed by atoms with Crippen LogP contribution in [-0.4, -0.2) is 65.9 Å². The Labute approximate surface area is 158 Å². The maximum absolute atomic E-state index is 12.7. The second kappa shape index (κ2) is 8.02. The Morgan fingerprint density at radius 1 is 1.42 bits per heavy atom. The molecule has 2 heterocycles. The third-order valence-corrected chi connectivity index (χ3v) is 6.62. The molecule has 144 valence electrons. The number of thiazole rings is 1. The number of nitrogens with one attached hydrogen (secondary N) is 1. The van der Waals surface area contributed by atoms with Gasteiger partial charge >= 0.3 is 0 Å². The Bertz CT molecular complexity index is 677. The van der Waals surface area contributed by atoms with Gasteiger partial charge in [-0.25, -0.2) is 4.98 Å². The molecule has 26 heavy (non-hydrogen) atoms. The molecule has 0 bridgehead atoms. The van der Waals surface area contributed by atoms with Crippen molar-refractivity contribution in [3.05, 3.63) is 15.6 Å². The van der Waals surface area contributed by atoms with Gasteiger partial charge in [0.05, 0.1) is 5.69 Å². The Morgan fingerprint density at radius 2 is 2.19 bits per heavy atom. The Kier molecular flexibility index (Phi) is 5.94. The first-order valence-corrected chi connectivity index (χ1v) is 10.2. The molecule has 1 aromatic heterocycles. The molecule has 0 radical (unpaired) electrons. The molecule has 0 saturated heterocycles. The van der Waals surface area contributed by atoms with E-state index in [1.165, 1.54) is 16.2 Å². The fraction of sp³-hybridized carbons (Fsp3) is 0.722. The fourth-order valence-electron chi connectivity index (χ4n) is 3.70. The van der Waals surface area contributed by atoms with E-state index in [9.17, 15) is 9.59 Å². The number of nitrogens with zero attached hydrogens (tertiary/aromatic N) is 3. The van der Waals surface area contributed by atoms with E-state index in [1.54, 1.807) is 4.90 Å². The Balaban J connectivity index is 1.65. The molecular weight excluding hydrogens is 350 g/mol. The fourth-order valence-corrected chi connectivity index (χ4v) is 4.79. The highest BCUT2D eigenvalue weighted by Gasteiger charge is 2.34. The summed E-state index contributed by atoms with van der Waals surface area (Å²) in [4.78, 5) is 34.8. The SMILES string of the molecule is CCN(C)C(=O)[C@H]1CC[C@H](N)[C@H](NC(=O)c2nc3c(s2)CN(C)CC3)C1. The van der Waals surface area contributed by atoms with Crippen LogP contribution in [0.15, 0.2) is 0 Å². The van der Waals surface area contributed by atoms with Crippen molar-refractivity contribution in [3.8, 4) is 0 Å². The minimum absolute atomic E-state index is 0.0665. The third kappa shape index (κ3) is 4.07. The van der Waals surface area contributed by atoms with Gasteiger partial charge < -0.3 is 20.9 Å². The zero-order valence-corrected chi connectivity index (χ0v) is 16.6. The average molecular weight is 380 g/mol. The summed E-state index contributed by atoms with van der Waals surface area (Å²) in [6, 6.07) is -0.297. The van der Waals surface area contributed by atoms with Gasteiger partial charge in [0.15, 0.2) is 5.01 Å². The maximum Gasteiger partial charge on any atom is 0.280 e. The molecule has 8 heteroatoms. The largest absolute Gasteiger partial charge is 0.346 e. The molecule has 1 saturated carbocycles. The molecule has 1 aromatic rings. The lowest BCUT2D eigenvalue weighted by molar-refractivity contribution is -0.135. The van der Waals surface area contributed by atoms with Crippen LogP contribution in [0.1, 0.15) is 46.6 Å². The number of carbonyl (C=O) groups excluding carboxylic acids is 2. The van der Waals surface area contributed by atoms with Gasteiger partial charge in [-0.2, -0.15) is 0 Å². The summed E-state index contributed by atoms with van der Waals surface area (Å²) < 4.78 is 0. The van der Waals surface area contributed by atoms with Gasteiger partial charge in [-0.05, 0) is 33.2 Å². The zero-order chi connectivity index (χ0) is 18.8. The summed E-state index contributed by atoms with van der Waals surface area (Å²) in [5, 5.41) is 3.56. The van der Waals surface area contributed by atoms with Crippen LogP contribution in [0.5, 0.6) is 0 Å². The van der Waals surface area contributed by atoms with E-state index in [2.05, 4.69) is 22.2 Å². The molecular formula is C18H29N5O2S. The topological polar surface area (TPSA) is 91.6 Å². The van der Waals surface area contributed by atoms with Crippen molar-refractivity contribution in [2.24, 2.45) is 11.7 Å². The van der Waals surface area contributed by atoms with Crippen molar-refractivity contribution in [2.45, 2.75) is 51.2 Å². The highest BCUT2D eigenvalue weighted by atomic mass is 32.1. The summed E-state index contributed by atoms with van der Waals surface area (Å²) >= 11 is 1.47. The van der Waals surface area contributed by atoms with E-state index in [1.807, 2.05) is 14.0 Å². The first-order chi connectivity index (χ1) is 12.4. The molecule has 7 nitrogen and oxygen atoms in total. The minimum Gasteiger partial charge on any atom is -0.346 e. The summed E-state index contributed by atoms with van der Waals surface area (Å²) in [5.41, 5.74) is 7.27. The second-order valence-corrected chi connectivity index (χ2v) is 8.57. The van der Waals surface area contributed by atoms with E-state index in [4.69, 9.17) is 5.73 Å². The number of fused-ring (bicyclic) bond motifs is 1. The molecule has 1 aliphatic heterocycles. The number of aromatic nitrogens is 1. The highest BCUT2D eigenvalue weighted by Crippen LogP contribution is 2.27. The zero-order valence-electron chi connectivity index (χ0n) is 15.8. The Morgan fingerprint density at radius 3 is 2.92 bits per heavy atom. The van der Waals surface area contributed by atoms with Crippen LogP contribution < -0.4 is 11.1 Å². The molecule has 0 spiro atoms. The summed E-state index contributed by atoms with van der Waals surface area (Å²) in [6.07, 6.45) is 3.02. The van der Waals surface area contributed by atoms with Crippen molar-refractivity contribution in [1.82, 2.24) is 20.1 Å². The third-order valence-electron chi connectivity index (χ3n) is 5.54. The molecule has 1 fully saturated rings. The minimum atomic E-state index is -0.181. The predicted octanol–water partition coefficient (Wildman–Crippen LogP) is 0.835. The van der Waals surface area contributed by atoms with Gasteiger partial charge in [0.1, 0.15) is 0 Å². The van der Waals surface area contributed by atoms with Gasteiger partial charge in [0.25, 0.3) is 5.91 Å². The van der Waals surface area contributed by atoms with Crippen molar-refractivity contribution < 1.29 is 9.59 Å². The number of hydrogen-bond acceptors (Lipinski definition) is 6. The number of hydrogen-bond donors (Lipinski definition) is 2. The van der Waals surface area contributed by atoms with Crippen molar-refractivity contribution in [3.63, 3.8) is 0 Å². The molecule has 0 aromatic carbocycles. The number of rotatable bonds is 4. The van der Waals surface area contributed by atoms with E-state index < -0.39 is 0 Å². The predicted molar refractivity (Wildman–Crippen MR) is 102 cm³/mol. The van der Waals surface area contributed by atoms with Gasteiger partial charge in [0, 0.05) is 56.0 Å². The lowest BCUT2D eigenvalue weighted by Gasteiger charge is -2.35. The van der Waals surface area contributed by atoms with Crippen LogP contribution in [0.25, 0.3) is 0 Å². The summed E-state index contributed by atoms with van der Waals surface area (Å²) in [6.45, 7) is 4.48. The van der Waals surface area contributed by atoms with Crippen molar-refractivity contribution in [1.29, 1.82) is 0 Å². The standard InChI is InChI=1S/C18H29N5O2S/c1-4-23(3)18(25)11-5-6-12(19)14(9-11)20-16(24)17-21-13-7-8-22(2)10-15(13)26-17/h11-12,14H,4-10,19H2,1-3H3,(H,20,24)/t11-,12-,14+/m0/s1. The number of likely N-dealkylation sites (N-methyl/N-ethyl adjacent to an activating group) is 1. The highest BCUT2D eigenvalue weighted by molar-refractivity contribution is 7.13. The van der Waals surface area contributed by atoms with Crippen LogP contribution in [0.2, 0.25) is 0 Å². The van der Waals surface area contributed by atoms with E-state index in [0.717, 1.165) is 38.0 Å². The molecule has 3 atom stereocenters. The van der Waals surface area contributed by atoms with Crippen LogP contribution >= 0.6 is 11.3 Å². The van der Waals surface area contributed by atoms with Gasteiger partial charge in [-0.15, -0.1) is 11.3 Å². The van der Waals surface area contributed by atoms with Crippen molar-refractivity contribution in [2.75, 3.05) is 27.2 Å². The summed E-state index contributed by atoms with van der Waals surface area (Å²) in [5.74, 6) is -0.0842. The van der Waals surface area contributed by atoms with Crippen LogP contribution in [-0.2, 0) is 17.8 Å². The van der Waals surface area contributed by atoms with Gasteiger partial charge in [-0.3, -0.25) is 9.59 Å². The van der Waals surface area contributed by atoms with E-state index >= 15 is 0 Å². The first-order valence-electron chi connectivity index (χ1n) is 9.37. The quantitative estimate of drug-likeness (QED) is 0.809. The molecule has 3 rings (SSSR count). The monoisotopic (exact) mass is 379 g/mol. The molecule has 2 amide bonds. The van der Waals surface area contributed by atoms with E-state index in [0.29, 0.717) is 18.0 Å². The van der Waals surface area contributed by atoms with Gasteiger partial charge in [-0.1, -0.05) is 0 Å².